The summed E-state index contributed by atoms with van der Waals surface area (Å²) in [7, 11) is 2.16. The number of thioether (sulfide) groups is 1. The Hall–Kier alpha value is -0.240. The number of hydrogen-bond donors (Lipinski definition) is 0. The van der Waals surface area contributed by atoms with Crippen molar-refractivity contribution in [3.8, 4) is 6.07 Å². The van der Waals surface area contributed by atoms with Crippen LogP contribution in [0.5, 0.6) is 0 Å². The molecule has 1 atom stereocenters. The maximum absolute atomic E-state index is 9.44. The molecule has 2 heterocycles. The molecule has 0 spiro atoms. The largest absolute Gasteiger partial charge is 0.304 e. The Morgan fingerprint density at radius 1 is 1.27 bits per heavy atom. The van der Waals surface area contributed by atoms with Gasteiger partial charge in [0.15, 0.2) is 0 Å². The van der Waals surface area contributed by atoms with Crippen LogP contribution in [-0.2, 0) is 0 Å². The number of rotatable bonds is 1. The third-order valence-corrected chi connectivity index (χ3v) is 4.80. The average molecular weight is 225 g/mol. The maximum Gasteiger partial charge on any atom is 0.118 e. The van der Waals surface area contributed by atoms with Crippen LogP contribution in [0.3, 0.4) is 0 Å². The van der Waals surface area contributed by atoms with Gasteiger partial charge in [-0.05, 0) is 25.6 Å². The van der Waals surface area contributed by atoms with E-state index in [1.165, 1.54) is 12.2 Å². The molecule has 1 unspecified atom stereocenters. The molecule has 0 bridgehead atoms. The van der Waals surface area contributed by atoms with Crippen LogP contribution in [0, 0.1) is 11.3 Å². The lowest BCUT2D eigenvalue weighted by Gasteiger charge is -2.44. The zero-order valence-electron chi connectivity index (χ0n) is 9.41. The summed E-state index contributed by atoms with van der Waals surface area (Å²) in [5.74, 6) is 2.24. The van der Waals surface area contributed by atoms with Gasteiger partial charge in [0, 0.05) is 31.9 Å². The molecule has 0 aromatic heterocycles. The topological polar surface area (TPSA) is 30.3 Å². The summed E-state index contributed by atoms with van der Waals surface area (Å²) in [6.45, 7) is 4.33. The van der Waals surface area contributed by atoms with Crippen molar-refractivity contribution >= 4 is 11.8 Å². The van der Waals surface area contributed by atoms with Crippen LogP contribution in [0.2, 0.25) is 0 Å². The van der Waals surface area contributed by atoms with E-state index in [4.69, 9.17) is 0 Å². The molecule has 2 fully saturated rings. The number of piperazine rings is 1. The van der Waals surface area contributed by atoms with Gasteiger partial charge in [0.05, 0.1) is 6.07 Å². The van der Waals surface area contributed by atoms with Gasteiger partial charge in [-0.25, -0.2) is 0 Å². The van der Waals surface area contributed by atoms with Crippen LogP contribution >= 0.6 is 11.8 Å². The Morgan fingerprint density at radius 2 is 2.00 bits per heavy atom. The minimum atomic E-state index is -0.149. The first-order chi connectivity index (χ1) is 7.27. The highest BCUT2D eigenvalue weighted by Gasteiger charge is 2.39. The Kier molecular flexibility index (Phi) is 3.55. The van der Waals surface area contributed by atoms with E-state index < -0.39 is 0 Å². The van der Waals surface area contributed by atoms with Gasteiger partial charge < -0.3 is 4.90 Å². The van der Waals surface area contributed by atoms with Gasteiger partial charge in [0.2, 0.25) is 0 Å². The van der Waals surface area contributed by atoms with E-state index in [0.29, 0.717) is 0 Å². The molecule has 2 aliphatic rings. The van der Waals surface area contributed by atoms with Crippen molar-refractivity contribution in [2.75, 3.05) is 44.7 Å². The van der Waals surface area contributed by atoms with E-state index in [1.54, 1.807) is 0 Å². The van der Waals surface area contributed by atoms with Crippen LogP contribution < -0.4 is 0 Å². The Bertz CT molecular complexity index is 247. The lowest BCUT2D eigenvalue weighted by Crippen LogP contribution is -2.58. The van der Waals surface area contributed by atoms with Crippen molar-refractivity contribution in [3.63, 3.8) is 0 Å². The van der Waals surface area contributed by atoms with Gasteiger partial charge in [0.25, 0.3) is 0 Å². The monoisotopic (exact) mass is 225 g/mol. The lowest BCUT2D eigenvalue weighted by atomic mass is 9.94. The fraction of sp³-hybridized carbons (Fsp3) is 0.909. The van der Waals surface area contributed by atoms with E-state index in [2.05, 4.69) is 22.9 Å². The summed E-state index contributed by atoms with van der Waals surface area (Å²) < 4.78 is 0. The first kappa shape index (κ1) is 11.3. The van der Waals surface area contributed by atoms with Crippen molar-refractivity contribution in [3.05, 3.63) is 0 Å². The molecule has 2 aliphatic heterocycles. The van der Waals surface area contributed by atoms with Crippen LogP contribution in [0.25, 0.3) is 0 Å². The quantitative estimate of drug-likeness (QED) is 0.666. The van der Waals surface area contributed by atoms with Crippen LogP contribution in [0.4, 0.5) is 0 Å². The molecule has 15 heavy (non-hydrogen) atoms. The molecule has 2 rings (SSSR count). The molecule has 0 saturated carbocycles. The predicted octanol–water partition coefficient (Wildman–Crippen LogP) is 1.02. The molecule has 4 heteroatoms. The lowest BCUT2D eigenvalue weighted by molar-refractivity contribution is 0.0793. The summed E-state index contributed by atoms with van der Waals surface area (Å²) in [6.07, 6.45) is 2.27. The molecule has 0 aliphatic carbocycles. The maximum atomic E-state index is 9.44. The zero-order valence-corrected chi connectivity index (χ0v) is 10.2. The molecule has 0 aromatic carbocycles. The molecular formula is C11H19N3S. The standard InChI is InChI=1S/C11H19N3S/c1-13-4-6-14(7-5-13)11(9-12)3-2-8-15-10-11/h2-8,10H2,1H3. The van der Waals surface area contributed by atoms with Crippen molar-refractivity contribution < 1.29 is 0 Å². The average Bonchev–Trinajstić information content (AvgIpc) is 2.31. The Balaban J connectivity index is 2.03. The summed E-state index contributed by atoms with van der Waals surface area (Å²) >= 11 is 1.94. The van der Waals surface area contributed by atoms with E-state index in [9.17, 15) is 5.26 Å². The minimum absolute atomic E-state index is 0.149. The van der Waals surface area contributed by atoms with E-state index in [1.807, 2.05) is 11.8 Å². The molecular weight excluding hydrogens is 206 g/mol. The molecule has 0 N–H and O–H groups in total. The highest BCUT2D eigenvalue weighted by Crippen LogP contribution is 2.32. The van der Waals surface area contributed by atoms with Gasteiger partial charge in [-0.15, -0.1) is 0 Å². The van der Waals surface area contributed by atoms with Gasteiger partial charge in [-0.2, -0.15) is 17.0 Å². The van der Waals surface area contributed by atoms with Crippen LogP contribution in [0.1, 0.15) is 12.8 Å². The Labute approximate surface area is 96.4 Å². The smallest absolute Gasteiger partial charge is 0.118 e. The fourth-order valence-corrected chi connectivity index (χ4v) is 3.64. The summed E-state index contributed by atoms with van der Waals surface area (Å²) in [5, 5.41) is 9.44. The third kappa shape index (κ3) is 2.30. The highest BCUT2D eigenvalue weighted by atomic mass is 32.2. The zero-order chi connectivity index (χ0) is 10.7. The molecule has 0 aromatic rings. The Morgan fingerprint density at radius 3 is 2.53 bits per heavy atom. The second kappa shape index (κ2) is 4.73. The molecule has 0 radical (unpaired) electrons. The highest BCUT2D eigenvalue weighted by molar-refractivity contribution is 7.99. The number of nitriles is 1. The van der Waals surface area contributed by atoms with Gasteiger partial charge >= 0.3 is 0 Å². The van der Waals surface area contributed by atoms with Gasteiger partial charge in [-0.3, -0.25) is 4.90 Å². The van der Waals surface area contributed by atoms with Crippen LogP contribution in [-0.4, -0.2) is 60.1 Å². The predicted molar refractivity (Wildman–Crippen MR) is 64.0 cm³/mol. The van der Waals surface area contributed by atoms with Gasteiger partial charge in [0.1, 0.15) is 5.54 Å². The fourth-order valence-electron chi connectivity index (χ4n) is 2.42. The first-order valence-electron chi connectivity index (χ1n) is 5.69. The molecule has 84 valence electrons. The number of likely N-dealkylation sites (N-methyl/N-ethyl adjacent to an activating group) is 1. The summed E-state index contributed by atoms with van der Waals surface area (Å²) in [4.78, 5) is 4.76. The van der Waals surface area contributed by atoms with Crippen molar-refractivity contribution in [1.82, 2.24) is 9.80 Å². The normalized spacial score (nSPS) is 34.9. The van der Waals surface area contributed by atoms with Crippen molar-refractivity contribution in [1.29, 1.82) is 5.26 Å². The minimum Gasteiger partial charge on any atom is -0.304 e. The molecule has 2 saturated heterocycles. The van der Waals surface area contributed by atoms with E-state index >= 15 is 0 Å². The second-order valence-electron chi connectivity index (χ2n) is 4.59. The summed E-state index contributed by atoms with van der Waals surface area (Å²) in [5.41, 5.74) is -0.149. The van der Waals surface area contributed by atoms with Gasteiger partial charge in [-0.1, -0.05) is 0 Å². The number of hydrogen-bond acceptors (Lipinski definition) is 4. The molecule has 0 amide bonds. The van der Waals surface area contributed by atoms with Crippen molar-refractivity contribution in [2.24, 2.45) is 0 Å². The van der Waals surface area contributed by atoms with Crippen LogP contribution in [0.15, 0.2) is 0 Å². The second-order valence-corrected chi connectivity index (χ2v) is 5.70. The molecule has 3 nitrogen and oxygen atoms in total. The first-order valence-corrected chi connectivity index (χ1v) is 6.85. The SMILES string of the molecule is CN1CCN(C2(C#N)CCCSC2)CC1. The van der Waals surface area contributed by atoms with E-state index in [0.717, 1.165) is 38.4 Å². The van der Waals surface area contributed by atoms with Crippen molar-refractivity contribution in [2.45, 2.75) is 18.4 Å². The third-order valence-electron chi connectivity index (χ3n) is 3.54. The van der Waals surface area contributed by atoms with E-state index in [-0.39, 0.29) is 5.54 Å². The number of nitrogens with zero attached hydrogens (tertiary/aromatic N) is 3. The summed E-state index contributed by atoms with van der Waals surface area (Å²) in [6, 6.07) is 2.59.